The van der Waals surface area contributed by atoms with Gasteiger partial charge in [-0.05, 0) is 54.7 Å². The monoisotopic (exact) mass is 514 g/mol. The lowest BCUT2D eigenvalue weighted by Crippen LogP contribution is -3.00. The molecule has 0 saturated carbocycles. The molecule has 0 fully saturated rings. The Labute approximate surface area is 205 Å². The molecule has 0 aliphatic carbocycles. The molecule has 0 unspecified atom stereocenters. The fourth-order valence-electron chi connectivity index (χ4n) is 4.71. The smallest absolute Gasteiger partial charge is 0.231 e. The van der Waals surface area contributed by atoms with E-state index in [-0.39, 0.29) is 17.0 Å². The zero-order valence-corrected chi connectivity index (χ0v) is 21.1. The van der Waals surface area contributed by atoms with Crippen LogP contribution >= 0.6 is 0 Å². The minimum atomic E-state index is 0. The summed E-state index contributed by atoms with van der Waals surface area (Å²) in [5, 5.41) is 2.22. The van der Waals surface area contributed by atoms with Crippen molar-refractivity contribution >= 4 is 10.8 Å². The van der Waals surface area contributed by atoms with Crippen molar-refractivity contribution in [1.29, 1.82) is 0 Å². The number of halogens is 1. The van der Waals surface area contributed by atoms with Gasteiger partial charge < -0.3 is 40.8 Å². The number of fused-ring (bicyclic) bond motifs is 5. The third-order valence-electron chi connectivity index (χ3n) is 6.56. The van der Waals surface area contributed by atoms with E-state index in [1.165, 1.54) is 16.8 Å². The first kappa shape index (κ1) is 23.6. The Balaban J connectivity index is 0.00000259. The normalized spacial score (nSPS) is 13.5. The van der Waals surface area contributed by atoms with Gasteiger partial charge in [-0.25, -0.2) is 0 Å². The van der Waals surface area contributed by atoms with Gasteiger partial charge in [-0.1, -0.05) is 13.8 Å². The molecule has 2 aliphatic heterocycles. The molecular formula is C26H31BrN2O4. The lowest BCUT2D eigenvalue weighted by molar-refractivity contribution is -0.686. The Morgan fingerprint density at radius 1 is 1.06 bits per heavy atom. The molecule has 3 heterocycles. The number of ether oxygens (including phenoxy) is 4. The van der Waals surface area contributed by atoms with E-state index in [2.05, 4.69) is 53.8 Å². The van der Waals surface area contributed by atoms with Gasteiger partial charge in [-0.2, -0.15) is 4.57 Å². The second-order valence-electron chi connectivity index (χ2n) is 8.29. The van der Waals surface area contributed by atoms with E-state index in [4.69, 9.17) is 18.9 Å². The first-order chi connectivity index (χ1) is 15.7. The van der Waals surface area contributed by atoms with Gasteiger partial charge in [0.15, 0.2) is 35.7 Å². The third-order valence-corrected chi connectivity index (χ3v) is 6.56. The lowest BCUT2D eigenvalue weighted by atomic mass is 9.95. The van der Waals surface area contributed by atoms with Gasteiger partial charge in [0.05, 0.1) is 24.7 Å². The molecule has 0 saturated heterocycles. The highest BCUT2D eigenvalue weighted by atomic mass is 79.9. The zero-order chi connectivity index (χ0) is 22.1. The second kappa shape index (κ2) is 10.2. The quantitative estimate of drug-likeness (QED) is 0.334. The Hall–Kier alpha value is -2.51. The number of rotatable bonds is 8. The number of pyridine rings is 1. The Morgan fingerprint density at radius 2 is 1.85 bits per heavy atom. The van der Waals surface area contributed by atoms with E-state index >= 15 is 0 Å². The van der Waals surface area contributed by atoms with Crippen molar-refractivity contribution in [1.82, 2.24) is 4.90 Å². The van der Waals surface area contributed by atoms with Crippen LogP contribution in [0.5, 0.6) is 23.0 Å². The van der Waals surface area contributed by atoms with E-state index in [0.717, 1.165) is 72.8 Å². The predicted octanol–water partition coefficient (Wildman–Crippen LogP) is 1.20. The molecule has 2 aliphatic rings. The fraction of sp³-hybridized carbons (Fsp3) is 0.423. The largest absolute Gasteiger partial charge is 1.00 e. The van der Waals surface area contributed by atoms with E-state index in [1.54, 1.807) is 7.11 Å². The summed E-state index contributed by atoms with van der Waals surface area (Å²) in [6.07, 6.45) is 4.15. The number of aryl methyl sites for hydroxylation is 2. The van der Waals surface area contributed by atoms with E-state index in [9.17, 15) is 0 Å². The minimum absolute atomic E-state index is 0. The summed E-state index contributed by atoms with van der Waals surface area (Å²) < 4.78 is 25.5. The number of methoxy groups -OCH3 is 1. The molecule has 1 aromatic heterocycles. The molecule has 33 heavy (non-hydrogen) atoms. The van der Waals surface area contributed by atoms with Crippen molar-refractivity contribution in [2.24, 2.45) is 0 Å². The van der Waals surface area contributed by atoms with Crippen LogP contribution in [0.25, 0.3) is 22.0 Å². The lowest BCUT2D eigenvalue weighted by Gasteiger charge is -2.19. The number of benzene rings is 2. The minimum Gasteiger partial charge on any atom is -1.00 e. The first-order valence-electron chi connectivity index (χ1n) is 11.5. The summed E-state index contributed by atoms with van der Waals surface area (Å²) in [6.45, 7) is 9.45. The Bertz CT molecular complexity index is 1150. The van der Waals surface area contributed by atoms with E-state index < -0.39 is 0 Å². The van der Waals surface area contributed by atoms with Crippen molar-refractivity contribution in [3.8, 4) is 34.3 Å². The average Bonchev–Trinajstić information content (AvgIpc) is 3.29. The highest BCUT2D eigenvalue weighted by Gasteiger charge is 2.28. The van der Waals surface area contributed by atoms with Gasteiger partial charge >= 0.3 is 0 Å². The van der Waals surface area contributed by atoms with Crippen molar-refractivity contribution in [2.75, 3.05) is 40.1 Å². The number of hydrogen-bond acceptors (Lipinski definition) is 5. The standard InChI is InChI=1S/C26H31N2O4.BrH/c1-4-27(5-2)10-6-12-30-26-21-16-28-11-9-19-14-24-25(32-17-31-24)15-20(19)22(28)13-18(21)7-8-23(26)29-3;/h7-8,13-16H,4-6,9-12,17H2,1-3H3;1H/q+1;/p-1. The average molecular weight is 515 g/mol. The predicted molar refractivity (Wildman–Crippen MR) is 124 cm³/mol. The van der Waals surface area contributed by atoms with Crippen molar-refractivity contribution in [3.05, 3.63) is 42.1 Å². The number of aromatic nitrogens is 1. The SMILES string of the molecule is CCN(CC)CCCOc1c(OC)ccc2cc3[n+](cc12)CCc1cc2c(cc1-3)OCO2.[Br-]. The van der Waals surface area contributed by atoms with Gasteiger partial charge in [-0.3, -0.25) is 0 Å². The van der Waals surface area contributed by atoms with Crippen molar-refractivity contribution in [3.63, 3.8) is 0 Å². The molecule has 3 aromatic rings. The van der Waals surface area contributed by atoms with Crippen LogP contribution in [0.4, 0.5) is 0 Å². The van der Waals surface area contributed by atoms with Gasteiger partial charge in [0.1, 0.15) is 0 Å². The van der Waals surface area contributed by atoms with Gasteiger partial charge in [-0.15, -0.1) is 0 Å². The molecule has 2 aromatic carbocycles. The highest BCUT2D eigenvalue weighted by Crippen LogP contribution is 2.41. The molecule has 0 amide bonds. The van der Waals surface area contributed by atoms with Crippen molar-refractivity contribution in [2.45, 2.75) is 33.2 Å². The molecular weight excluding hydrogens is 484 g/mol. The molecule has 0 N–H and O–H groups in total. The Kier molecular flexibility index (Phi) is 7.29. The van der Waals surface area contributed by atoms with Crippen LogP contribution in [0.15, 0.2) is 36.5 Å². The maximum Gasteiger partial charge on any atom is 0.231 e. The molecule has 0 radical (unpaired) electrons. The molecule has 6 nitrogen and oxygen atoms in total. The van der Waals surface area contributed by atoms with Crippen LogP contribution in [0, 0.1) is 0 Å². The van der Waals surface area contributed by atoms with Crippen LogP contribution < -0.4 is 40.5 Å². The Morgan fingerprint density at radius 3 is 2.61 bits per heavy atom. The number of hydrogen-bond donors (Lipinski definition) is 0. The topological polar surface area (TPSA) is 44.0 Å². The highest BCUT2D eigenvalue weighted by molar-refractivity contribution is 5.91. The summed E-state index contributed by atoms with van der Waals surface area (Å²) >= 11 is 0. The van der Waals surface area contributed by atoms with Crippen LogP contribution in [-0.4, -0.2) is 45.0 Å². The van der Waals surface area contributed by atoms with Gasteiger partial charge in [0.25, 0.3) is 0 Å². The summed E-state index contributed by atoms with van der Waals surface area (Å²) in [7, 11) is 1.70. The van der Waals surface area contributed by atoms with E-state index in [1.807, 2.05) is 6.07 Å². The fourth-order valence-corrected chi connectivity index (χ4v) is 4.71. The summed E-state index contributed by atoms with van der Waals surface area (Å²) in [6, 6.07) is 10.6. The maximum atomic E-state index is 6.30. The van der Waals surface area contributed by atoms with Crippen LogP contribution in [-0.2, 0) is 13.0 Å². The van der Waals surface area contributed by atoms with Crippen molar-refractivity contribution < 1.29 is 40.5 Å². The molecule has 7 heteroatoms. The van der Waals surface area contributed by atoms with Gasteiger partial charge in [0.2, 0.25) is 12.5 Å². The van der Waals surface area contributed by atoms with Crippen LogP contribution in [0.3, 0.4) is 0 Å². The molecule has 5 rings (SSSR count). The summed E-state index contributed by atoms with van der Waals surface area (Å²) in [5.41, 5.74) is 3.70. The zero-order valence-electron chi connectivity index (χ0n) is 19.5. The molecule has 0 atom stereocenters. The first-order valence-corrected chi connectivity index (χ1v) is 11.5. The maximum absolute atomic E-state index is 6.30. The van der Waals surface area contributed by atoms with Gasteiger partial charge in [0, 0.05) is 19.0 Å². The number of nitrogens with zero attached hydrogens (tertiary/aromatic N) is 2. The molecule has 0 bridgehead atoms. The third kappa shape index (κ3) is 4.49. The summed E-state index contributed by atoms with van der Waals surface area (Å²) in [5.74, 6) is 3.28. The molecule has 176 valence electrons. The van der Waals surface area contributed by atoms with Crippen LogP contribution in [0.2, 0.25) is 0 Å². The summed E-state index contributed by atoms with van der Waals surface area (Å²) in [4.78, 5) is 2.42. The van der Waals surface area contributed by atoms with Crippen LogP contribution in [0.1, 0.15) is 25.8 Å². The van der Waals surface area contributed by atoms with E-state index in [0.29, 0.717) is 13.4 Å². The second-order valence-corrected chi connectivity index (χ2v) is 8.29. The molecule has 0 spiro atoms.